The summed E-state index contributed by atoms with van der Waals surface area (Å²) in [5, 5.41) is 37.6. The Balaban J connectivity index is 2.12. The molecule has 3 aromatic rings. The second kappa shape index (κ2) is 6.98. The summed E-state index contributed by atoms with van der Waals surface area (Å²) < 4.78 is 0. The molecule has 0 saturated heterocycles. The molecule has 0 bridgehead atoms. The first-order valence-electron chi connectivity index (χ1n) is 8.05. The maximum Gasteiger partial charge on any atom is 0.0684 e. The van der Waals surface area contributed by atoms with Crippen LogP contribution in [0, 0.1) is 0 Å². The van der Waals surface area contributed by atoms with Crippen LogP contribution in [0.1, 0.15) is 13.8 Å². The Hall–Kier alpha value is -2.44. The molecule has 24 heavy (non-hydrogen) atoms. The van der Waals surface area contributed by atoms with Gasteiger partial charge in [-0.3, -0.25) is 0 Å². The van der Waals surface area contributed by atoms with Crippen molar-refractivity contribution < 1.29 is 10.2 Å². The van der Waals surface area contributed by atoms with Gasteiger partial charge in [0.2, 0.25) is 0 Å². The minimum absolute atomic E-state index is 0.431. The van der Waals surface area contributed by atoms with Gasteiger partial charge in [-0.05, 0) is 38.1 Å². The highest BCUT2D eigenvalue weighted by molar-refractivity contribution is 6.08. The zero-order valence-electron chi connectivity index (χ0n) is 13.8. The Morgan fingerprint density at radius 1 is 0.833 bits per heavy atom. The van der Waals surface area contributed by atoms with Gasteiger partial charge in [0, 0.05) is 46.0 Å². The van der Waals surface area contributed by atoms with Crippen molar-refractivity contribution in [1.29, 1.82) is 0 Å². The van der Waals surface area contributed by atoms with Gasteiger partial charge in [0.1, 0.15) is 0 Å². The van der Waals surface area contributed by atoms with Crippen LogP contribution in [0.15, 0.2) is 36.7 Å². The van der Waals surface area contributed by atoms with Crippen molar-refractivity contribution in [2.45, 2.75) is 26.1 Å². The predicted molar refractivity (Wildman–Crippen MR) is 97.4 cm³/mol. The number of aromatic nitrogens is 2. The molecule has 2 unspecified atom stereocenters. The van der Waals surface area contributed by atoms with E-state index in [1.54, 1.807) is 26.2 Å². The molecule has 0 aliphatic rings. The molecule has 6 nitrogen and oxygen atoms in total. The Labute approximate surface area is 140 Å². The van der Waals surface area contributed by atoms with Gasteiger partial charge in [-0.1, -0.05) is 0 Å². The van der Waals surface area contributed by atoms with Crippen molar-refractivity contribution in [2.75, 3.05) is 23.7 Å². The van der Waals surface area contributed by atoms with Gasteiger partial charge >= 0.3 is 0 Å². The summed E-state index contributed by atoms with van der Waals surface area (Å²) in [6.07, 6.45) is 2.62. The van der Waals surface area contributed by atoms with E-state index in [2.05, 4.69) is 33.0 Å². The van der Waals surface area contributed by atoms with Crippen molar-refractivity contribution in [3.8, 4) is 0 Å². The van der Waals surface area contributed by atoms with Gasteiger partial charge in [0.15, 0.2) is 0 Å². The molecule has 1 heterocycles. The summed E-state index contributed by atoms with van der Waals surface area (Å²) in [6.45, 7) is 4.45. The summed E-state index contributed by atoms with van der Waals surface area (Å²) in [4.78, 5) is 0. The molecule has 6 heteroatoms. The minimum Gasteiger partial charge on any atom is -0.392 e. The zero-order chi connectivity index (χ0) is 17.1. The number of aliphatic hydroxyl groups is 2. The van der Waals surface area contributed by atoms with Crippen molar-refractivity contribution >= 4 is 32.9 Å². The molecule has 0 spiro atoms. The lowest BCUT2D eigenvalue weighted by molar-refractivity contribution is 0.208. The van der Waals surface area contributed by atoms with Crippen molar-refractivity contribution in [2.24, 2.45) is 0 Å². The number of aliphatic hydroxyl groups excluding tert-OH is 2. The zero-order valence-corrected chi connectivity index (χ0v) is 13.8. The van der Waals surface area contributed by atoms with E-state index in [0.29, 0.717) is 13.1 Å². The molecule has 0 aliphatic heterocycles. The maximum absolute atomic E-state index is 9.54. The molecular formula is C18H22N4O2. The van der Waals surface area contributed by atoms with E-state index in [-0.39, 0.29) is 0 Å². The molecule has 0 aliphatic carbocycles. The van der Waals surface area contributed by atoms with Gasteiger partial charge in [-0.15, -0.1) is 0 Å². The molecule has 2 atom stereocenters. The lowest BCUT2D eigenvalue weighted by atomic mass is 10.0. The Bertz CT molecular complexity index is 779. The average Bonchev–Trinajstić information content (AvgIpc) is 2.56. The third kappa shape index (κ3) is 3.55. The number of fused-ring (bicyclic) bond motifs is 2. The van der Waals surface area contributed by atoms with Crippen LogP contribution in [0.5, 0.6) is 0 Å². The molecule has 0 fully saturated rings. The SMILES string of the molecule is CC(O)CNc1ccc(NCC(C)O)c2cc3cnncc3cc12. The monoisotopic (exact) mass is 326 g/mol. The topological polar surface area (TPSA) is 90.3 Å². The van der Waals surface area contributed by atoms with E-state index >= 15 is 0 Å². The highest BCUT2D eigenvalue weighted by Crippen LogP contribution is 2.33. The van der Waals surface area contributed by atoms with Crippen LogP contribution in [0.3, 0.4) is 0 Å². The number of anilines is 2. The van der Waals surface area contributed by atoms with Crippen LogP contribution >= 0.6 is 0 Å². The number of hydrogen-bond acceptors (Lipinski definition) is 6. The van der Waals surface area contributed by atoms with Crippen LogP contribution in [0.2, 0.25) is 0 Å². The molecule has 3 rings (SSSR count). The Morgan fingerprint density at radius 3 is 1.62 bits per heavy atom. The molecule has 0 saturated carbocycles. The van der Waals surface area contributed by atoms with Gasteiger partial charge in [0.25, 0.3) is 0 Å². The third-order valence-corrected chi connectivity index (χ3v) is 3.86. The molecular weight excluding hydrogens is 304 g/mol. The van der Waals surface area contributed by atoms with E-state index in [4.69, 9.17) is 0 Å². The summed E-state index contributed by atoms with van der Waals surface area (Å²) >= 11 is 0. The van der Waals surface area contributed by atoms with E-state index in [9.17, 15) is 10.2 Å². The lowest BCUT2D eigenvalue weighted by Crippen LogP contribution is -2.16. The summed E-state index contributed by atoms with van der Waals surface area (Å²) in [5.74, 6) is 0. The normalized spacial score (nSPS) is 13.8. The number of benzene rings is 2. The number of rotatable bonds is 6. The quantitative estimate of drug-likeness (QED) is 0.520. The highest BCUT2D eigenvalue weighted by atomic mass is 16.3. The maximum atomic E-state index is 9.54. The van der Waals surface area contributed by atoms with Crippen LogP contribution in [0.4, 0.5) is 11.4 Å². The highest BCUT2D eigenvalue weighted by Gasteiger charge is 2.09. The van der Waals surface area contributed by atoms with Crippen LogP contribution < -0.4 is 10.6 Å². The standard InChI is InChI=1S/C18H22N4O2/c1-11(23)7-19-17-3-4-18(20-8-12(2)24)16-6-14-10-22-21-9-13(14)5-15(16)17/h3-6,9-12,19-20,23-24H,7-8H2,1-2H3. The molecule has 0 radical (unpaired) electrons. The molecule has 126 valence electrons. The third-order valence-electron chi connectivity index (χ3n) is 3.86. The fraction of sp³-hybridized carbons (Fsp3) is 0.333. The average molecular weight is 326 g/mol. The van der Waals surface area contributed by atoms with E-state index in [0.717, 1.165) is 32.9 Å². The predicted octanol–water partition coefficient (Wildman–Crippen LogP) is 2.37. The Kier molecular flexibility index (Phi) is 4.78. The summed E-state index contributed by atoms with van der Waals surface area (Å²) in [6, 6.07) is 8.10. The van der Waals surface area contributed by atoms with E-state index in [1.807, 2.05) is 12.1 Å². The number of nitrogens with zero attached hydrogens (tertiary/aromatic N) is 2. The summed E-state index contributed by atoms with van der Waals surface area (Å²) in [5.41, 5.74) is 1.90. The van der Waals surface area contributed by atoms with E-state index < -0.39 is 12.2 Å². The first-order chi connectivity index (χ1) is 11.5. The van der Waals surface area contributed by atoms with E-state index in [1.165, 1.54) is 0 Å². The van der Waals surface area contributed by atoms with Crippen LogP contribution in [-0.4, -0.2) is 45.7 Å². The van der Waals surface area contributed by atoms with Gasteiger partial charge in [0.05, 0.1) is 24.6 Å². The molecule has 4 N–H and O–H groups in total. The smallest absolute Gasteiger partial charge is 0.0684 e. The van der Waals surface area contributed by atoms with Crippen LogP contribution in [-0.2, 0) is 0 Å². The van der Waals surface area contributed by atoms with Gasteiger partial charge < -0.3 is 20.8 Å². The van der Waals surface area contributed by atoms with Gasteiger partial charge in [-0.2, -0.15) is 10.2 Å². The van der Waals surface area contributed by atoms with Crippen LogP contribution in [0.25, 0.3) is 21.5 Å². The van der Waals surface area contributed by atoms with Gasteiger partial charge in [-0.25, -0.2) is 0 Å². The second-order valence-corrected chi connectivity index (χ2v) is 6.14. The first-order valence-corrected chi connectivity index (χ1v) is 8.05. The largest absolute Gasteiger partial charge is 0.392 e. The van der Waals surface area contributed by atoms with Crippen molar-refractivity contribution in [3.05, 3.63) is 36.7 Å². The summed E-state index contributed by atoms with van der Waals surface area (Å²) in [7, 11) is 0. The molecule has 1 aromatic heterocycles. The van der Waals surface area contributed by atoms with Crippen molar-refractivity contribution in [3.63, 3.8) is 0 Å². The number of hydrogen-bond donors (Lipinski definition) is 4. The lowest BCUT2D eigenvalue weighted by Gasteiger charge is -2.16. The number of nitrogens with one attached hydrogen (secondary N) is 2. The molecule has 0 amide bonds. The molecule has 2 aromatic carbocycles. The first kappa shape index (κ1) is 16.4. The second-order valence-electron chi connectivity index (χ2n) is 6.14. The Morgan fingerprint density at radius 2 is 1.25 bits per heavy atom. The fourth-order valence-electron chi connectivity index (χ4n) is 2.66. The fourth-order valence-corrected chi connectivity index (χ4v) is 2.66. The minimum atomic E-state index is -0.431. The van der Waals surface area contributed by atoms with Crippen molar-refractivity contribution in [1.82, 2.24) is 10.2 Å².